The van der Waals surface area contributed by atoms with Crippen molar-refractivity contribution in [1.29, 1.82) is 0 Å². The topological polar surface area (TPSA) is 67.3 Å². The number of halogens is 5. The summed E-state index contributed by atoms with van der Waals surface area (Å²) < 4.78 is 60.5. The van der Waals surface area contributed by atoms with Crippen molar-refractivity contribution in [2.24, 2.45) is 0 Å². The zero-order valence-corrected chi connectivity index (χ0v) is 13.2. The van der Waals surface area contributed by atoms with Crippen molar-refractivity contribution < 1.29 is 26.4 Å². The van der Waals surface area contributed by atoms with Gasteiger partial charge in [0, 0.05) is 28.1 Å². The summed E-state index contributed by atoms with van der Waals surface area (Å²) in [5.74, 6) is -0.912. The SMILES string of the molecule is O=C1CC(S(=O)(=O)Cl)CN1c1ccc(Br)c(C(F)(F)F)n1. The molecule has 11 heteroatoms. The highest BCUT2D eigenvalue weighted by molar-refractivity contribution is 9.10. The minimum absolute atomic E-state index is 0.265. The van der Waals surface area contributed by atoms with Gasteiger partial charge in [-0.15, -0.1) is 0 Å². The molecule has 2 heterocycles. The zero-order chi connectivity index (χ0) is 16.0. The second-order valence-corrected chi connectivity index (χ2v) is 8.07. The molecule has 0 spiro atoms. The van der Waals surface area contributed by atoms with Crippen LogP contribution in [0, 0.1) is 0 Å². The molecule has 0 N–H and O–H groups in total. The molecule has 1 aliphatic rings. The maximum atomic E-state index is 12.8. The van der Waals surface area contributed by atoms with Crippen LogP contribution in [0.4, 0.5) is 19.0 Å². The van der Waals surface area contributed by atoms with Crippen molar-refractivity contribution in [1.82, 2.24) is 4.98 Å². The van der Waals surface area contributed by atoms with Crippen molar-refractivity contribution in [3.8, 4) is 0 Å². The van der Waals surface area contributed by atoms with E-state index in [1.54, 1.807) is 0 Å². The van der Waals surface area contributed by atoms with Gasteiger partial charge in [0.25, 0.3) is 0 Å². The summed E-state index contributed by atoms with van der Waals surface area (Å²) in [6.45, 7) is -0.323. The smallest absolute Gasteiger partial charge is 0.295 e. The fraction of sp³-hybridized carbons (Fsp3) is 0.400. The maximum Gasteiger partial charge on any atom is 0.434 e. The molecule has 2 rings (SSSR count). The van der Waals surface area contributed by atoms with E-state index in [9.17, 15) is 26.4 Å². The molecule has 116 valence electrons. The minimum atomic E-state index is -4.70. The Morgan fingerprint density at radius 3 is 2.48 bits per heavy atom. The molecule has 1 aromatic rings. The first-order chi connectivity index (χ1) is 9.50. The van der Waals surface area contributed by atoms with Crippen LogP contribution in [-0.2, 0) is 20.0 Å². The Morgan fingerprint density at radius 1 is 1.38 bits per heavy atom. The minimum Gasteiger partial charge on any atom is -0.295 e. The van der Waals surface area contributed by atoms with E-state index in [1.807, 2.05) is 0 Å². The highest BCUT2D eigenvalue weighted by Gasteiger charge is 2.40. The average molecular weight is 408 g/mol. The third-order valence-electron chi connectivity index (χ3n) is 2.86. The van der Waals surface area contributed by atoms with Crippen LogP contribution in [0.5, 0.6) is 0 Å². The largest absolute Gasteiger partial charge is 0.434 e. The lowest BCUT2D eigenvalue weighted by Crippen LogP contribution is -2.28. The Labute approximate surface area is 130 Å². The standard InChI is InChI=1S/C10H7BrClF3N2O3S/c11-6-1-2-7(16-9(6)10(13,14)15)17-4-5(3-8(17)18)21(12,19)20/h1-2,5H,3-4H2. The van der Waals surface area contributed by atoms with Gasteiger partial charge in [-0.05, 0) is 28.1 Å². The number of aromatic nitrogens is 1. The molecule has 0 radical (unpaired) electrons. The van der Waals surface area contributed by atoms with Gasteiger partial charge in [-0.2, -0.15) is 13.2 Å². The Bertz CT molecular complexity index is 695. The molecule has 0 bridgehead atoms. The number of hydrogen-bond acceptors (Lipinski definition) is 4. The van der Waals surface area contributed by atoms with Gasteiger partial charge in [-0.3, -0.25) is 9.69 Å². The number of alkyl halides is 3. The molecule has 5 nitrogen and oxygen atoms in total. The summed E-state index contributed by atoms with van der Waals surface area (Å²) in [4.78, 5) is 16.0. The number of amides is 1. The van der Waals surface area contributed by atoms with Crippen LogP contribution in [0.3, 0.4) is 0 Å². The summed E-state index contributed by atoms with van der Waals surface area (Å²) in [6.07, 6.45) is -5.08. The van der Waals surface area contributed by atoms with Crippen LogP contribution in [0.2, 0.25) is 0 Å². The normalized spacial score (nSPS) is 20.1. The van der Waals surface area contributed by atoms with E-state index in [2.05, 4.69) is 20.9 Å². The first kappa shape index (κ1) is 16.5. The molecule has 0 aliphatic carbocycles. The van der Waals surface area contributed by atoms with Gasteiger partial charge in [0.05, 0.1) is 0 Å². The molecular formula is C10H7BrClF3N2O3S. The highest BCUT2D eigenvalue weighted by Crippen LogP contribution is 2.35. The molecule has 0 aromatic carbocycles. The summed E-state index contributed by atoms with van der Waals surface area (Å²) in [7, 11) is 1.20. The Morgan fingerprint density at radius 2 is 2.00 bits per heavy atom. The molecule has 1 fully saturated rings. The molecule has 0 saturated carbocycles. The molecule has 1 aliphatic heterocycles. The fourth-order valence-corrected chi connectivity index (χ4v) is 3.34. The first-order valence-corrected chi connectivity index (χ1v) is 8.64. The van der Waals surface area contributed by atoms with E-state index in [1.165, 1.54) is 6.07 Å². The fourth-order valence-electron chi connectivity index (χ4n) is 1.87. The number of carbonyl (C=O) groups excluding carboxylic acids is 1. The molecule has 1 aromatic heterocycles. The van der Waals surface area contributed by atoms with Gasteiger partial charge in [0.2, 0.25) is 15.0 Å². The quantitative estimate of drug-likeness (QED) is 0.707. The van der Waals surface area contributed by atoms with Gasteiger partial charge in [-0.1, -0.05) is 0 Å². The number of pyridine rings is 1. The van der Waals surface area contributed by atoms with Crippen LogP contribution in [0.15, 0.2) is 16.6 Å². The number of rotatable bonds is 2. The van der Waals surface area contributed by atoms with Crippen LogP contribution in [0.25, 0.3) is 0 Å². The van der Waals surface area contributed by atoms with Crippen molar-refractivity contribution in [3.63, 3.8) is 0 Å². The molecule has 1 amide bonds. The van der Waals surface area contributed by atoms with Gasteiger partial charge >= 0.3 is 6.18 Å². The van der Waals surface area contributed by atoms with Crippen molar-refractivity contribution in [2.75, 3.05) is 11.4 Å². The monoisotopic (exact) mass is 406 g/mol. The van der Waals surface area contributed by atoms with Gasteiger partial charge in [-0.25, -0.2) is 13.4 Å². The number of nitrogens with zero attached hydrogens (tertiary/aromatic N) is 2. The Hall–Kier alpha value is -0.870. The van der Waals surface area contributed by atoms with Gasteiger partial charge in [0.15, 0.2) is 5.69 Å². The number of carbonyl (C=O) groups is 1. The summed E-state index contributed by atoms with van der Waals surface area (Å²) in [5, 5.41) is -1.16. The summed E-state index contributed by atoms with van der Waals surface area (Å²) in [6, 6.07) is 2.29. The van der Waals surface area contributed by atoms with Gasteiger partial charge < -0.3 is 0 Å². The first-order valence-electron chi connectivity index (χ1n) is 5.47. The second kappa shape index (κ2) is 5.40. The second-order valence-electron chi connectivity index (χ2n) is 4.30. The lowest BCUT2D eigenvalue weighted by molar-refractivity contribution is -0.141. The predicted molar refractivity (Wildman–Crippen MR) is 72.5 cm³/mol. The molecule has 1 atom stereocenters. The van der Waals surface area contributed by atoms with E-state index in [0.29, 0.717) is 0 Å². The zero-order valence-electron chi connectivity index (χ0n) is 10.1. The van der Waals surface area contributed by atoms with E-state index in [4.69, 9.17) is 10.7 Å². The number of hydrogen-bond donors (Lipinski definition) is 0. The third kappa shape index (κ3) is 3.49. The third-order valence-corrected chi connectivity index (χ3v) is 5.37. The average Bonchev–Trinajstić information content (AvgIpc) is 2.70. The number of anilines is 1. The Balaban J connectivity index is 2.38. The lowest BCUT2D eigenvalue weighted by Gasteiger charge is -2.17. The summed E-state index contributed by atoms with van der Waals surface area (Å²) >= 11 is 2.73. The van der Waals surface area contributed by atoms with E-state index >= 15 is 0 Å². The van der Waals surface area contributed by atoms with Crippen LogP contribution in [-0.4, -0.2) is 31.1 Å². The van der Waals surface area contributed by atoms with Crippen molar-refractivity contribution in [2.45, 2.75) is 17.8 Å². The van der Waals surface area contributed by atoms with Crippen LogP contribution >= 0.6 is 26.6 Å². The Kier molecular flexibility index (Phi) is 4.24. The molecule has 1 unspecified atom stereocenters. The van der Waals surface area contributed by atoms with E-state index in [0.717, 1.165) is 11.0 Å². The molecule has 21 heavy (non-hydrogen) atoms. The van der Waals surface area contributed by atoms with E-state index < -0.39 is 32.1 Å². The lowest BCUT2D eigenvalue weighted by atomic mass is 10.3. The van der Waals surface area contributed by atoms with Gasteiger partial charge in [0.1, 0.15) is 11.1 Å². The van der Waals surface area contributed by atoms with Crippen molar-refractivity contribution >= 4 is 47.4 Å². The molecular weight excluding hydrogens is 401 g/mol. The highest BCUT2D eigenvalue weighted by atomic mass is 79.9. The van der Waals surface area contributed by atoms with Crippen LogP contribution < -0.4 is 4.90 Å². The summed E-state index contributed by atoms with van der Waals surface area (Å²) in [5.41, 5.74) is -1.19. The predicted octanol–water partition coefficient (Wildman–Crippen LogP) is 2.54. The van der Waals surface area contributed by atoms with E-state index in [-0.39, 0.29) is 23.3 Å². The van der Waals surface area contributed by atoms with Crippen molar-refractivity contribution in [3.05, 3.63) is 22.3 Å². The molecule has 1 saturated heterocycles. The van der Waals surface area contributed by atoms with Crippen LogP contribution in [0.1, 0.15) is 12.1 Å². The maximum absolute atomic E-state index is 12.8.